The van der Waals surface area contributed by atoms with Crippen LogP contribution in [0.1, 0.15) is 25.0 Å². The summed E-state index contributed by atoms with van der Waals surface area (Å²) in [5.74, 6) is 0.653. The molecular weight excluding hydrogens is 556 g/mol. The molecule has 0 spiro atoms. The summed E-state index contributed by atoms with van der Waals surface area (Å²) in [4.78, 5) is 14.9. The van der Waals surface area contributed by atoms with Crippen molar-refractivity contribution >= 4 is 29.3 Å². The van der Waals surface area contributed by atoms with Gasteiger partial charge in [-0.1, -0.05) is 92.2 Å². The van der Waals surface area contributed by atoms with Gasteiger partial charge in [0.2, 0.25) is 5.91 Å². The first-order chi connectivity index (χ1) is 20.8. The molecule has 1 N–H and O–H groups in total. The maximum Gasteiger partial charge on any atom is 0.241 e. The fourth-order valence-corrected chi connectivity index (χ4v) is 6.71. The Bertz CT molecular complexity index is 1880. The molecule has 1 aromatic heterocycles. The molecule has 1 saturated heterocycles. The summed E-state index contributed by atoms with van der Waals surface area (Å²) >= 11 is 6.51. The summed E-state index contributed by atoms with van der Waals surface area (Å²) in [6, 6.07) is 32.6. The molecule has 1 amide bonds. The summed E-state index contributed by atoms with van der Waals surface area (Å²) in [5, 5.41) is 8.80. The van der Waals surface area contributed by atoms with Gasteiger partial charge in [-0.2, -0.15) is 5.10 Å². The summed E-state index contributed by atoms with van der Waals surface area (Å²) < 4.78 is 7.27. The monoisotopic (exact) mass is 586 g/mol. The zero-order valence-corrected chi connectivity index (χ0v) is 25.0. The van der Waals surface area contributed by atoms with Crippen molar-refractivity contribution in [2.24, 2.45) is 0 Å². The topological polar surface area (TPSA) is 59.4 Å². The van der Waals surface area contributed by atoms with Crippen molar-refractivity contribution in [2.75, 3.05) is 18.6 Å². The van der Waals surface area contributed by atoms with Gasteiger partial charge in [0.25, 0.3) is 0 Å². The van der Waals surface area contributed by atoms with E-state index >= 15 is 0 Å². The number of hydrogen-bond acceptors (Lipinski definition) is 4. The third-order valence-electron chi connectivity index (χ3n) is 8.78. The number of ether oxygens (including phenoxy) is 1. The number of fused-ring (bicyclic) bond motifs is 3. The highest BCUT2D eigenvalue weighted by Crippen LogP contribution is 2.52. The number of nitrogens with zero attached hydrogens (tertiary/aromatic N) is 3. The van der Waals surface area contributed by atoms with E-state index in [1.807, 2.05) is 59.3 Å². The lowest BCUT2D eigenvalue weighted by Crippen LogP contribution is -2.58. The largest absolute Gasteiger partial charge is 0.495 e. The second-order valence-corrected chi connectivity index (χ2v) is 11.9. The van der Waals surface area contributed by atoms with E-state index in [2.05, 4.69) is 84.9 Å². The Morgan fingerprint density at radius 3 is 2.40 bits per heavy atom. The number of rotatable bonds is 6. The first-order valence-corrected chi connectivity index (χ1v) is 14.7. The number of hydrogen-bond donors (Lipinski definition) is 1. The van der Waals surface area contributed by atoms with Gasteiger partial charge in [-0.15, -0.1) is 0 Å². The van der Waals surface area contributed by atoms with E-state index in [-0.39, 0.29) is 11.3 Å². The number of benzene rings is 4. The Morgan fingerprint density at radius 2 is 1.65 bits per heavy atom. The highest BCUT2D eigenvalue weighted by Gasteiger charge is 2.59. The fraction of sp³-hybridized carbons (Fsp3) is 0.167. The lowest BCUT2D eigenvalue weighted by Gasteiger charge is -2.40. The summed E-state index contributed by atoms with van der Waals surface area (Å²) in [5.41, 5.74) is 7.14. The summed E-state index contributed by atoms with van der Waals surface area (Å²) in [7, 11) is 1.61. The molecule has 214 valence electrons. The smallest absolute Gasteiger partial charge is 0.241 e. The number of para-hydroxylation sites is 2. The van der Waals surface area contributed by atoms with Crippen molar-refractivity contribution in [3.8, 4) is 33.8 Å². The molecule has 7 rings (SSSR count). The van der Waals surface area contributed by atoms with Crippen molar-refractivity contribution in [2.45, 2.75) is 24.9 Å². The molecule has 0 aliphatic carbocycles. The van der Waals surface area contributed by atoms with Gasteiger partial charge in [-0.25, -0.2) is 4.68 Å². The number of methoxy groups -OCH3 is 1. The number of anilines is 1. The molecule has 3 heterocycles. The van der Waals surface area contributed by atoms with Gasteiger partial charge in [0, 0.05) is 28.4 Å². The van der Waals surface area contributed by atoms with Crippen LogP contribution in [0.5, 0.6) is 5.75 Å². The van der Waals surface area contributed by atoms with Crippen LogP contribution in [0.2, 0.25) is 5.02 Å². The van der Waals surface area contributed by atoms with Gasteiger partial charge in [0.1, 0.15) is 17.1 Å². The van der Waals surface area contributed by atoms with Gasteiger partial charge in [-0.05, 0) is 59.2 Å². The first kappa shape index (κ1) is 27.0. The van der Waals surface area contributed by atoms with E-state index in [0.29, 0.717) is 17.3 Å². The van der Waals surface area contributed by atoms with Gasteiger partial charge < -0.3 is 15.0 Å². The lowest BCUT2D eigenvalue weighted by molar-refractivity contribution is -0.118. The molecule has 1 fully saturated rings. The van der Waals surface area contributed by atoms with Crippen LogP contribution in [-0.2, 0) is 10.2 Å². The maximum atomic E-state index is 12.7. The fourth-order valence-electron chi connectivity index (χ4n) is 6.46. The average molecular weight is 587 g/mol. The summed E-state index contributed by atoms with van der Waals surface area (Å²) in [6.45, 7) is 4.73. The van der Waals surface area contributed by atoms with E-state index in [0.717, 1.165) is 39.3 Å². The van der Waals surface area contributed by atoms with Gasteiger partial charge >= 0.3 is 0 Å². The van der Waals surface area contributed by atoms with E-state index in [4.69, 9.17) is 21.4 Å². The predicted molar refractivity (Wildman–Crippen MR) is 173 cm³/mol. The number of amides is 1. The van der Waals surface area contributed by atoms with Crippen molar-refractivity contribution in [3.05, 3.63) is 125 Å². The van der Waals surface area contributed by atoms with Crippen LogP contribution >= 0.6 is 11.6 Å². The molecular formula is C36H31ClN4O2. The molecule has 6 nitrogen and oxygen atoms in total. The van der Waals surface area contributed by atoms with Crippen molar-refractivity contribution in [1.82, 2.24) is 15.1 Å². The molecule has 0 radical (unpaired) electrons. The number of carbonyl (C=O) groups is 1. The van der Waals surface area contributed by atoms with Gasteiger partial charge in [-0.3, -0.25) is 4.79 Å². The zero-order chi connectivity index (χ0) is 29.8. The van der Waals surface area contributed by atoms with Crippen LogP contribution in [0.4, 0.5) is 5.69 Å². The van der Waals surface area contributed by atoms with Crippen molar-refractivity contribution in [1.29, 1.82) is 0 Å². The van der Waals surface area contributed by atoms with Crippen LogP contribution < -0.4 is 15.0 Å². The minimum atomic E-state index is -0.635. The van der Waals surface area contributed by atoms with Crippen LogP contribution in [-0.4, -0.2) is 35.0 Å². The molecule has 7 heteroatoms. The van der Waals surface area contributed by atoms with E-state index in [1.165, 1.54) is 5.56 Å². The quantitative estimate of drug-likeness (QED) is 0.224. The first-order valence-electron chi connectivity index (χ1n) is 14.3. The molecule has 43 heavy (non-hydrogen) atoms. The van der Waals surface area contributed by atoms with Crippen LogP contribution in [0, 0.1) is 0 Å². The Labute approximate surface area is 256 Å². The Balaban J connectivity index is 1.25. The van der Waals surface area contributed by atoms with E-state index < -0.39 is 5.66 Å². The molecule has 2 aliphatic heterocycles. The normalized spacial score (nSPS) is 18.5. The van der Waals surface area contributed by atoms with E-state index in [1.54, 1.807) is 7.11 Å². The molecule has 1 atom stereocenters. The zero-order valence-electron chi connectivity index (χ0n) is 24.2. The molecule has 2 aliphatic rings. The average Bonchev–Trinajstić information content (AvgIpc) is 3.67. The second kappa shape index (κ2) is 10.2. The molecule has 1 unspecified atom stereocenters. The highest BCUT2D eigenvalue weighted by molar-refractivity contribution is 6.32. The molecule has 0 saturated carbocycles. The number of nitrogens with one attached hydrogen (secondary N) is 1. The standard InChI is InChI=1S/C36H31ClN4O2/c1-35(2)29-11-7-8-12-31(29)40-23-33(42)38-36(35,40)20-19-24-13-15-25(16-14-24)28-22-41(27-9-5-4-6-10-27)39-34(28)26-17-18-32(43-3)30(37)21-26/h4-22H,23H2,1-3H3,(H,38,42). The van der Waals surface area contributed by atoms with Gasteiger partial charge in [0.15, 0.2) is 0 Å². The maximum absolute atomic E-state index is 12.7. The lowest BCUT2D eigenvalue weighted by atomic mass is 9.75. The third-order valence-corrected chi connectivity index (χ3v) is 9.07. The minimum Gasteiger partial charge on any atom is -0.495 e. The van der Waals surface area contributed by atoms with Crippen molar-refractivity contribution in [3.63, 3.8) is 0 Å². The molecule has 5 aromatic rings. The highest BCUT2D eigenvalue weighted by atomic mass is 35.5. The minimum absolute atomic E-state index is 0.0316. The predicted octanol–water partition coefficient (Wildman–Crippen LogP) is 7.51. The van der Waals surface area contributed by atoms with E-state index in [9.17, 15) is 4.79 Å². The summed E-state index contributed by atoms with van der Waals surface area (Å²) in [6.07, 6.45) is 6.30. The number of halogens is 1. The second-order valence-electron chi connectivity index (χ2n) is 11.5. The number of aromatic nitrogens is 2. The Kier molecular flexibility index (Phi) is 6.40. The Morgan fingerprint density at radius 1 is 0.930 bits per heavy atom. The Hall–Kier alpha value is -4.81. The van der Waals surface area contributed by atoms with Crippen LogP contribution in [0.15, 0.2) is 109 Å². The van der Waals surface area contributed by atoms with Crippen LogP contribution in [0.3, 0.4) is 0 Å². The van der Waals surface area contributed by atoms with Gasteiger partial charge in [0.05, 0.1) is 24.4 Å². The number of carbonyl (C=O) groups excluding carboxylic acids is 1. The SMILES string of the molecule is COc1ccc(-c2nn(-c3ccccc3)cc2-c2ccc(C=CC34NC(=O)CN3c3ccccc3C4(C)C)cc2)cc1Cl. The molecule has 0 bridgehead atoms. The third kappa shape index (κ3) is 4.33. The molecule has 4 aromatic carbocycles. The van der Waals surface area contributed by atoms with Crippen LogP contribution in [0.25, 0.3) is 34.1 Å². The van der Waals surface area contributed by atoms with Crippen molar-refractivity contribution < 1.29 is 9.53 Å².